The van der Waals surface area contributed by atoms with Crippen molar-refractivity contribution in [2.45, 2.75) is 25.3 Å². The van der Waals surface area contributed by atoms with Crippen LogP contribution in [0.25, 0.3) is 0 Å². The Hall–Kier alpha value is -0.160. The molecule has 0 N–H and O–H groups in total. The lowest BCUT2D eigenvalue weighted by molar-refractivity contribution is 0.0906. The lowest BCUT2D eigenvalue weighted by Crippen LogP contribution is -2.48. The van der Waals surface area contributed by atoms with Crippen LogP contribution >= 0.6 is 0 Å². The van der Waals surface area contributed by atoms with Gasteiger partial charge < -0.3 is 14.7 Å². The predicted octanol–water partition coefficient (Wildman–Crippen LogP) is 0.650. The first-order valence-corrected chi connectivity index (χ1v) is 8.54. The van der Waals surface area contributed by atoms with Crippen LogP contribution in [0.5, 0.6) is 0 Å². The first kappa shape index (κ1) is 14.8. The van der Waals surface area contributed by atoms with Crippen LogP contribution in [0, 0.1) is 5.92 Å². The fourth-order valence-corrected chi connectivity index (χ4v) is 4.11. The number of nitrogens with zero attached hydrogens (tertiary/aromatic N) is 4. The van der Waals surface area contributed by atoms with E-state index in [-0.39, 0.29) is 0 Å². The lowest BCUT2D eigenvalue weighted by Gasteiger charge is -2.39. The van der Waals surface area contributed by atoms with Gasteiger partial charge in [0.15, 0.2) is 0 Å². The molecule has 3 fully saturated rings. The van der Waals surface area contributed by atoms with Gasteiger partial charge in [-0.1, -0.05) is 0 Å². The van der Waals surface area contributed by atoms with Crippen molar-refractivity contribution >= 4 is 0 Å². The molecule has 0 aliphatic carbocycles. The van der Waals surface area contributed by atoms with E-state index in [0.717, 1.165) is 12.0 Å². The van der Waals surface area contributed by atoms with Gasteiger partial charge in [-0.05, 0) is 58.9 Å². The van der Waals surface area contributed by atoms with Gasteiger partial charge >= 0.3 is 0 Å². The van der Waals surface area contributed by atoms with Crippen molar-refractivity contribution in [3.05, 3.63) is 0 Å². The highest BCUT2D eigenvalue weighted by Crippen LogP contribution is 2.23. The number of rotatable bonds is 3. The normalized spacial score (nSPS) is 33.0. The summed E-state index contributed by atoms with van der Waals surface area (Å²) < 4.78 is 0. The summed E-state index contributed by atoms with van der Waals surface area (Å²) in [5.41, 5.74) is 0. The second-order valence-electron chi connectivity index (χ2n) is 7.29. The van der Waals surface area contributed by atoms with Gasteiger partial charge in [0, 0.05) is 45.3 Å². The van der Waals surface area contributed by atoms with Crippen LogP contribution in [0.15, 0.2) is 0 Å². The molecule has 1 atom stereocenters. The van der Waals surface area contributed by atoms with Crippen molar-refractivity contribution in [3.63, 3.8) is 0 Å². The van der Waals surface area contributed by atoms with E-state index in [1.165, 1.54) is 78.2 Å². The van der Waals surface area contributed by atoms with Gasteiger partial charge in [-0.15, -0.1) is 0 Å². The Morgan fingerprint density at radius 1 is 0.750 bits per heavy atom. The Balaban J connectivity index is 1.38. The van der Waals surface area contributed by atoms with Crippen LogP contribution < -0.4 is 0 Å². The Bertz CT molecular complexity index is 293. The highest BCUT2D eigenvalue weighted by molar-refractivity contribution is 4.86. The molecular formula is C16H32N4. The van der Waals surface area contributed by atoms with Gasteiger partial charge in [-0.2, -0.15) is 0 Å². The average Bonchev–Trinajstić information content (AvgIpc) is 2.89. The topological polar surface area (TPSA) is 13.0 Å². The quantitative estimate of drug-likeness (QED) is 0.752. The summed E-state index contributed by atoms with van der Waals surface area (Å²) in [5, 5.41) is 0. The SMILES string of the molecule is CN1CCN(CC2CCN(C3CCN(C)C3)CC2)CC1. The molecule has 3 aliphatic heterocycles. The van der Waals surface area contributed by atoms with E-state index < -0.39 is 0 Å². The molecule has 0 bridgehead atoms. The third-order valence-electron chi connectivity index (χ3n) is 5.64. The second-order valence-corrected chi connectivity index (χ2v) is 7.29. The van der Waals surface area contributed by atoms with Crippen molar-refractivity contribution in [2.24, 2.45) is 5.92 Å². The molecule has 4 nitrogen and oxygen atoms in total. The van der Waals surface area contributed by atoms with Gasteiger partial charge in [0.25, 0.3) is 0 Å². The Kier molecular flexibility index (Phi) is 4.97. The molecule has 3 heterocycles. The van der Waals surface area contributed by atoms with E-state index in [1.807, 2.05) is 0 Å². The third-order valence-corrected chi connectivity index (χ3v) is 5.64. The highest BCUT2D eigenvalue weighted by atomic mass is 15.3. The fraction of sp³-hybridized carbons (Fsp3) is 1.00. The molecule has 0 aromatic heterocycles. The van der Waals surface area contributed by atoms with E-state index in [0.29, 0.717) is 0 Å². The van der Waals surface area contributed by atoms with Crippen LogP contribution in [-0.2, 0) is 0 Å². The maximum Gasteiger partial charge on any atom is 0.0235 e. The maximum atomic E-state index is 2.77. The maximum absolute atomic E-state index is 2.77. The first-order chi connectivity index (χ1) is 9.70. The van der Waals surface area contributed by atoms with Crippen molar-refractivity contribution < 1.29 is 0 Å². The molecule has 0 saturated carbocycles. The van der Waals surface area contributed by atoms with Crippen LogP contribution in [0.3, 0.4) is 0 Å². The number of piperazine rings is 1. The molecule has 0 aromatic rings. The number of likely N-dealkylation sites (tertiary alicyclic amines) is 2. The van der Waals surface area contributed by atoms with Crippen LogP contribution in [-0.4, -0.2) is 98.6 Å². The largest absolute Gasteiger partial charge is 0.305 e. The Morgan fingerprint density at radius 2 is 1.45 bits per heavy atom. The van der Waals surface area contributed by atoms with Crippen molar-refractivity contribution in [1.82, 2.24) is 19.6 Å². The van der Waals surface area contributed by atoms with Crippen LogP contribution in [0.1, 0.15) is 19.3 Å². The summed E-state index contributed by atoms with van der Waals surface area (Å²) in [7, 11) is 4.51. The molecule has 0 amide bonds. The monoisotopic (exact) mass is 280 g/mol. The zero-order chi connectivity index (χ0) is 13.9. The summed E-state index contributed by atoms with van der Waals surface area (Å²) >= 11 is 0. The minimum absolute atomic E-state index is 0.851. The van der Waals surface area contributed by atoms with Gasteiger partial charge in [0.1, 0.15) is 0 Å². The van der Waals surface area contributed by atoms with Gasteiger partial charge in [-0.3, -0.25) is 4.90 Å². The summed E-state index contributed by atoms with van der Waals surface area (Å²) in [4.78, 5) is 10.4. The van der Waals surface area contributed by atoms with Crippen molar-refractivity contribution in [1.29, 1.82) is 0 Å². The summed E-state index contributed by atoms with van der Waals surface area (Å²) in [6.45, 7) is 11.7. The van der Waals surface area contributed by atoms with E-state index in [1.54, 1.807) is 0 Å². The van der Waals surface area contributed by atoms with Gasteiger partial charge in [0.05, 0.1) is 0 Å². The summed E-state index contributed by atoms with van der Waals surface area (Å²) in [5.74, 6) is 0.953. The third kappa shape index (κ3) is 3.73. The smallest absolute Gasteiger partial charge is 0.0235 e. The van der Waals surface area contributed by atoms with E-state index in [9.17, 15) is 0 Å². The highest BCUT2D eigenvalue weighted by Gasteiger charge is 2.29. The Morgan fingerprint density at radius 3 is 2.05 bits per heavy atom. The van der Waals surface area contributed by atoms with E-state index in [2.05, 4.69) is 33.7 Å². The molecule has 3 rings (SSSR count). The fourth-order valence-electron chi connectivity index (χ4n) is 4.11. The molecule has 0 spiro atoms. The zero-order valence-corrected chi connectivity index (χ0v) is 13.4. The van der Waals surface area contributed by atoms with Gasteiger partial charge in [-0.25, -0.2) is 0 Å². The minimum Gasteiger partial charge on any atom is -0.305 e. The molecule has 4 heteroatoms. The Labute approximate surface area is 124 Å². The lowest BCUT2D eigenvalue weighted by atomic mass is 9.94. The predicted molar refractivity (Wildman–Crippen MR) is 84.1 cm³/mol. The van der Waals surface area contributed by atoms with Gasteiger partial charge in [0.2, 0.25) is 0 Å². The first-order valence-electron chi connectivity index (χ1n) is 8.54. The average molecular weight is 280 g/mol. The second kappa shape index (κ2) is 6.73. The molecule has 3 aliphatic rings. The van der Waals surface area contributed by atoms with E-state index in [4.69, 9.17) is 0 Å². The number of hydrogen-bond acceptors (Lipinski definition) is 4. The molecule has 0 radical (unpaired) electrons. The van der Waals surface area contributed by atoms with Crippen molar-refractivity contribution in [3.8, 4) is 0 Å². The molecular weight excluding hydrogens is 248 g/mol. The van der Waals surface area contributed by atoms with Crippen LogP contribution in [0.4, 0.5) is 0 Å². The minimum atomic E-state index is 0.851. The van der Waals surface area contributed by atoms with Crippen molar-refractivity contribution in [2.75, 3.05) is 73.0 Å². The number of likely N-dealkylation sites (N-methyl/N-ethyl adjacent to an activating group) is 2. The zero-order valence-electron chi connectivity index (χ0n) is 13.4. The number of hydrogen-bond donors (Lipinski definition) is 0. The molecule has 116 valence electrons. The number of piperidine rings is 1. The molecule has 3 saturated heterocycles. The summed E-state index contributed by atoms with van der Waals surface area (Å²) in [6.07, 6.45) is 4.23. The molecule has 20 heavy (non-hydrogen) atoms. The van der Waals surface area contributed by atoms with E-state index >= 15 is 0 Å². The molecule has 1 unspecified atom stereocenters. The van der Waals surface area contributed by atoms with Crippen LogP contribution in [0.2, 0.25) is 0 Å². The molecule has 0 aromatic carbocycles. The standard InChI is InChI=1S/C16H32N4/c1-17-9-11-19(12-10-17)13-15-3-7-20(8-4-15)16-5-6-18(2)14-16/h15-16H,3-14H2,1-2H3. The summed E-state index contributed by atoms with van der Waals surface area (Å²) in [6, 6.07) is 0.851.